The number of carboxylic acids is 1. The van der Waals surface area contributed by atoms with Gasteiger partial charge in [-0.25, -0.2) is 24.4 Å². The van der Waals surface area contributed by atoms with Crippen LogP contribution in [-0.2, 0) is 9.53 Å². The third-order valence-electron chi connectivity index (χ3n) is 6.56. The Hall–Kier alpha value is -3.15. The molecule has 1 aromatic rings. The van der Waals surface area contributed by atoms with E-state index in [0.29, 0.717) is 30.0 Å². The molecule has 2 saturated carbocycles. The van der Waals surface area contributed by atoms with Crippen LogP contribution in [0.15, 0.2) is 17.8 Å². The highest BCUT2D eigenvalue weighted by molar-refractivity contribution is 5.70. The summed E-state index contributed by atoms with van der Waals surface area (Å²) in [7, 11) is 2.94. The maximum absolute atomic E-state index is 13.1. The predicted molar refractivity (Wildman–Crippen MR) is 123 cm³/mol. The topological polar surface area (TPSA) is 144 Å². The average molecular weight is 498 g/mol. The van der Waals surface area contributed by atoms with E-state index in [9.17, 15) is 23.5 Å². The molecule has 12 heteroatoms. The quantitative estimate of drug-likeness (QED) is 0.365. The van der Waals surface area contributed by atoms with Gasteiger partial charge < -0.3 is 30.2 Å². The van der Waals surface area contributed by atoms with Crippen LogP contribution in [0, 0.1) is 12.8 Å². The van der Waals surface area contributed by atoms with Crippen LogP contribution in [0.25, 0.3) is 5.70 Å². The summed E-state index contributed by atoms with van der Waals surface area (Å²) in [4.78, 5) is 29.2. The van der Waals surface area contributed by atoms with Crippen LogP contribution in [0.5, 0.6) is 5.75 Å². The number of carboxylic acid groups (broad SMARTS) is 1. The third kappa shape index (κ3) is 6.50. The minimum atomic E-state index is -2.75. The molecule has 0 radical (unpaired) electrons. The van der Waals surface area contributed by atoms with E-state index in [4.69, 9.17) is 21.1 Å². The lowest BCUT2D eigenvalue weighted by molar-refractivity contribution is -0.143. The van der Waals surface area contributed by atoms with Crippen molar-refractivity contribution in [2.24, 2.45) is 17.5 Å². The van der Waals surface area contributed by atoms with Crippen molar-refractivity contribution in [1.29, 1.82) is 0 Å². The predicted octanol–water partition coefficient (Wildman–Crippen LogP) is 2.71. The minimum absolute atomic E-state index is 0.180. The normalized spacial score (nSPS) is 22.5. The summed E-state index contributed by atoms with van der Waals surface area (Å²) >= 11 is 0. The van der Waals surface area contributed by atoms with Gasteiger partial charge in [-0.15, -0.1) is 0 Å². The number of alkyl halides is 2. The van der Waals surface area contributed by atoms with Gasteiger partial charge in [0.15, 0.2) is 0 Å². The van der Waals surface area contributed by atoms with Gasteiger partial charge in [-0.2, -0.15) is 0 Å². The molecule has 0 aromatic carbocycles. The van der Waals surface area contributed by atoms with Gasteiger partial charge >= 0.3 is 12.1 Å². The maximum Gasteiger partial charge on any atom is 0.410 e. The first-order valence-corrected chi connectivity index (χ1v) is 11.5. The molecule has 2 atom stereocenters. The van der Waals surface area contributed by atoms with Crippen LogP contribution in [0.4, 0.5) is 13.6 Å². The largest absolute Gasteiger partial charge is 0.489 e. The Morgan fingerprint density at radius 3 is 2.51 bits per heavy atom. The first kappa shape index (κ1) is 26.5. The van der Waals surface area contributed by atoms with E-state index in [0.717, 1.165) is 17.7 Å². The van der Waals surface area contributed by atoms with Gasteiger partial charge in [0.05, 0.1) is 34.8 Å². The summed E-state index contributed by atoms with van der Waals surface area (Å²) in [6, 6.07) is 2.77. The first-order chi connectivity index (χ1) is 16.4. The van der Waals surface area contributed by atoms with Crippen molar-refractivity contribution in [2.75, 3.05) is 20.7 Å². The van der Waals surface area contributed by atoms with E-state index in [1.165, 1.54) is 19.1 Å². The number of ether oxygens (including phenoxy) is 2. The molecule has 0 aliphatic heterocycles. The van der Waals surface area contributed by atoms with E-state index < -0.39 is 42.8 Å². The highest BCUT2D eigenvalue weighted by atomic mass is 19.3. The van der Waals surface area contributed by atoms with E-state index >= 15 is 0 Å². The SMILES string of the molecule is Cc1nc(/C(N)=C(\COC(=O)N(C)C2CC(F)(F)C2)N(C)N)ccc1O[C@H]1CCCC(C(=O)O)C1. The molecule has 2 fully saturated rings. The number of halogens is 2. The van der Waals surface area contributed by atoms with Crippen molar-refractivity contribution >= 4 is 17.8 Å². The Morgan fingerprint density at radius 1 is 1.26 bits per heavy atom. The lowest BCUT2D eigenvalue weighted by Gasteiger charge is -2.40. The number of carbonyl (C=O) groups is 2. The Balaban J connectivity index is 1.66. The Bertz CT molecular complexity index is 979. The van der Waals surface area contributed by atoms with Crippen molar-refractivity contribution in [3.05, 3.63) is 29.2 Å². The van der Waals surface area contributed by atoms with Crippen LogP contribution in [-0.4, -0.2) is 70.8 Å². The van der Waals surface area contributed by atoms with Gasteiger partial charge in [-0.3, -0.25) is 4.79 Å². The zero-order valence-electron chi connectivity index (χ0n) is 20.2. The molecule has 2 aliphatic carbocycles. The number of pyridine rings is 1. The molecule has 1 aromatic heterocycles. The van der Waals surface area contributed by atoms with E-state index in [2.05, 4.69) is 4.98 Å². The number of rotatable bonds is 8. The van der Waals surface area contributed by atoms with E-state index in [1.807, 2.05) is 0 Å². The first-order valence-electron chi connectivity index (χ1n) is 11.5. The second kappa shape index (κ2) is 10.6. The lowest BCUT2D eigenvalue weighted by Crippen LogP contribution is -2.51. The number of hydrazine groups is 1. The van der Waals surface area contributed by atoms with Gasteiger partial charge in [0.1, 0.15) is 12.4 Å². The smallest absolute Gasteiger partial charge is 0.410 e. The molecule has 0 saturated heterocycles. The molecule has 10 nitrogen and oxygen atoms in total. The molecule has 2 aliphatic rings. The number of aromatic nitrogens is 1. The average Bonchev–Trinajstić information content (AvgIpc) is 2.78. The van der Waals surface area contributed by atoms with Gasteiger partial charge in [-0.1, -0.05) is 0 Å². The fourth-order valence-electron chi connectivity index (χ4n) is 4.28. The zero-order valence-corrected chi connectivity index (χ0v) is 20.2. The molecule has 1 amide bonds. The number of hydrogen-bond acceptors (Lipinski definition) is 8. The lowest BCUT2D eigenvalue weighted by atomic mass is 9.87. The second-order valence-electron chi connectivity index (χ2n) is 9.28. The minimum Gasteiger partial charge on any atom is -0.489 e. The molecular formula is C23H33F2N5O5. The summed E-state index contributed by atoms with van der Waals surface area (Å²) in [5, 5.41) is 10.5. The van der Waals surface area contributed by atoms with Gasteiger partial charge in [-0.05, 0) is 44.7 Å². The van der Waals surface area contributed by atoms with E-state index in [-0.39, 0.29) is 24.1 Å². The highest BCUT2D eigenvalue weighted by Crippen LogP contribution is 2.40. The zero-order chi connectivity index (χ0) is 25.9. The van der Waals surface area contributed by atoms with Crippen molar-refractivity contribution in [1.82, 2.24) is 14.9 Å². The van der Waals surface area contributed by atoms with Crippen molar-refractivity contribution in [3.63, 3.8) is 0 Å². The van der Waals surface area contributed by atoms with Gasteiger partial charge in [0.2, 0.25) is 0 Å². The Labute approximate surface area is 202 Å². The fourth-order valence-corrected chi connectivity index (χ4v) is 4.28. The monoisotopic (exact) mass is 497 g/mol. The summed E-state index contributed by atoms with van der Waals surface area (Å²) in [6.45, 7) is 1.47. The Morgan fingerprint density at radius 2 is 1.94 bits per heavy atom. The van der Waals surface area contributed by atoms with Crippen molar-refractivity contribution in [3.8, 4) is 5.75 Å². The van der Waals surface area contributed by atoms with Crippen LogP contribution in [0.1, 0.15) is 49.9 Å². The van der Waals surface area contributed by atoms with Crippen LogP contribution in [0.2, 0.25) is 0 Å². The number of likely N-dealkylation sites (N-methyl/N-ethyl adjacent to an activating group) is 1. The van der Waals surface area contributed by atoms with Crippen molar-refractivity contribution < 1.29 is 33.0 Å². The molecule has 0 spiro atoms. The molecule has 3 rings (SSSR count). The Kier molecular flexibility index (Phi) is 8.04. The summed E-state index contributed by atoms with van der Waals surface area (Å²) < 4.78 is 37.5. The highest BCUT2D eigenvalue weighted by Gasteiger charge is 2.48. The van der Waals surface area contributed by atoms with Gasteiger partial charge in [0.25, 0.3) is 5.92 Å². The summed E-state index contributed by atoms with van der Waals surface area (Å²) in [6.07, 6.45) is 0.901. The van der Waals surface area contributed by atoms with Crippen molar-refractivity contribution in [2.45, 2.75) is 63.5 Å². The number of hydrogen-bond donors (Lipinski definition) is 3. The number of amides is 1. The molecule has 0 bridgehead atoms. The molecular weight excluding hydrogens is 464 g/mol. The molecule has 194 valence electrons. The molecule has 1 unspecified atom stereocenters. The standard InChI is InChI=1S/C23H33F2N5O5/c1-13-19(35-16-6-4-5-14(9-16)21(31)32)8-7-17(28-13)20(26)18(30(3)27)12-34-22(33)29(2)15-10-23(24,25)11-15/h7-8,14-16H,4-6,9-12,26-27H2,1-3H3,(H,31,32)/b20-18-/t14?,16-/m0/s1. The van der Waals surface area contributed by atoms with Crippen LogP contribution >= 0.6 is 0 Å². The number of nitrogens with two attached hydrogens (primary N) is 2. The van der Waals surface area contributed by atoms with E-state index in [1.54, 1.807) is 19.1 Å². The second-order valence-corrected chi connectivity index (χ2v) is 9.28. The molecule has 5 N–H and O–H groups in total. The summed E-state index contributed by atoms with van der Waals surface area (Å²) in [5.74, 6) is 2.45. The molecule has 1 heterocycles. The third-order valence-corrected chi connectivity index (χ3v) is 6.56. The number of aryl methyl sites for hydroxylation is 1. The fraction of sp³-hybridized carbons (Fsp3) is 0.609. The maximum atomic E-state index is 13.1. The number of aliphatic carboxylic acids is 1. The number of carbonyl (C=O) groups excluding carboxylic acids is 1. The molecule has 35 heavy (non-hydrogen) atoms. The van der Waals surface area contributed by atoms with Crippen LogP contribution < -0.4 is 16.3 Å². The number of nitrogens with zero attached hydrogens (tertiary/aromatic N) is 3. The van der Waals surface area contributed by atoms with Gasteiger partial charge in [0, 0.05) is 33.0 Å². The van der Waals surface area contributed by atoms with Crippen LogP contribution in [0.3, 0.4) is 0 Å². The summed E-state index contributed by atoms with van der Waals surface area (Å²) in [5.41, 5.74) is 7.68.